The summed E-state index contributed by atoms with van der Waals surface area (Å²) < 4.78 is 6.02. The Labute approximate surface area is 159 Å². The number of ether oxygens (including phenoxy) is 1. The first-order chi connectivity index (χ1) is 11.8. The van der Waals surface area contributed by atoms with Gasteiger partial charge < -0.3 is 9.84 Å². The summed E-state index contributed by atoms with van der Waals surface area (Å²) in [4.78, 5) is 11.0. The van der Waals surface area contributed by atoms with Crippen molar-refractivity contribution in [2.75, 3.05) is 6.61 Å². The number of aromatic hydroxyl groups is 1. The summed E-state index contributed by atoms with van der Waals surface area (Å²) in [6.45, 7) is 3.74. The highest BCUT2D eigenvalue weighted by Crippen LogP contribution is 2.34. The summed E-state index contributed by atoms with van der Waals surface area (Å²) in [5.74, 6) is 0.265. The third kappa shape index (κ3) is 5.11. The summed E-state index contributed by atoms with van der Waals surface area (Å²) >= 11 is 9.84. The molecule has 7 heteroatoms. The minimum Gasteiger partial charge on any atom is -0.508 e. The molecule has 0 spiro atoms. The number of carbonyl (C=O) groups excluding carboxylic acids is 1. The molecule has 0 unspecified atom stereocenters. The number of carbonyl (C=O) groups is 1. The third-order valence-corrected chi connectivity index (χ3v) is 4.75. The van der Waals surface area contributed by atoms with E-state index in [9.17, 15) is 9.90 Å². The Morgan fingerprint density at radius 2 is 2.04 bits per heavy atom. The molecule has 2 rings (SSSR count). The van der Waals surface area contributed by atoms with Crippen molar-refractivity contribution < 1.29 is 19.8 Å². The maximum atomic E-state index is 11.0. The lowest BCUT2D eigenvalue weighted by molar-refractivity contribution is -0.131. The van der Waals surface area contributed by atoms with E-state index in [-0.39, 0.29) is 18.3 Å². The van der Waals surface area contributed by atoms with Crippen LogP contribution in [0.1, 0.15) is 36.5 Å². The molecule has 0 aromatic heterocycles. The van der Waals surface area contributed by atoms with Crippen LogP contribution in [0.5, 0.6) is 11.5 Å². The van der Waals surface area contributed by atoms with Gasteiger partial charge in [0.05, 0.1) is 0 Å². The van der Waals surface area contributed by atoms with Gasteiger partial charge in [0.2, 0.25) is 0 Å². The van der Waals surface area contributed by atoms with Crippen LogP contribution in [-0.2, 0) is 11.2 Å². The molecule has 0 aliphatic rings. The lowest BCUT2D eigenvalue weighted by Crippen LogP contribution is -2.25. The van der Waals surface area contributed by atoms with Crippen LogP contribution >= 0.6 is 27.5 Å². The van der Waals surface area contributed by atoms with Crippen molar-refractivity contribution in [3.8, 4) is 11.5 Å². The van der Waals surface area contributed by atoms with Crippen molar-refractivity contribution in [2.45, 2.75) is 26.2 Å². The summed E-state index contributed by atoms with van der Waals surface area (Å²) in [5, 5.41) is 18.9. The predicted octanol–water partition coefficient (Wildman–Crippen LogP) is 4.41. The van der Waals surface area contributed by atoms with Gasteiger partial charge >= 0.3 is 0 Å². The normalized spacial score (nSPS) is 10.8. The van der Waals surface area contributed by atoms with Crippen LogP contribution in [0.2, 0.25) is 5.02 Å². The molecular formula is C18H19BrClNO4. The SMILES string of the molecule is CC(C)c1cc(Cc2c(Cl)cc(OCC(=O)NO)cc2Br)ccc1O. The van der Waals surface area contributed by atoms with Gasteiger partial charge in [-0.1, -0.05) is 53.5 Å². The molecule has 2 aromatic carbocycles. The molecular weight excluding hydrogens is 410 g/mol. The minimum absolute atomic E-state index is 0.215. The zero-order valence-corrected chi connectivity index (χ0v) is 16.2. The fraction of sp³-hybridized carbons (Fsp3) is 0.278. The van der Waals surface area contributed by atoms with Crippen LogP contribution in [0.25, 0.3) is 0 Å². The Kier molecular flexibility index (Phi) is 6.70. The fourth-order valence-electron chi connectivity index (χ4n) is 2.39. The molecule has 0 radical (unpaired) electrons. The van der Waals surface area contributed by atoms with Gasteiger partial charge in [-0.2, -0.15) is 0 Å². The van der Waals surface area contributed by atoms with E-state index in [4.69, 9.17) is 21.5 Å². The standard InChI is InChI=1S/C18H19BrClNO4/c1-10(2)13-5-11(3-4-17(13)22)6-14-15(19)7-12(8-16(14)20)25-9-18(23)21-24/h3-5,7-8,10,22,24H,6,9H2,1-2H3,(H,21,23). The summed E-state index contributed by atoms with van der Waals surface area (Å²) in [6.07, 6.45) is 0.580. The molecule has 134 valence electrons. The topological polar surface area (TPSA) is 78.8 Å². The third-order valence-electron chi connectivity index (χ3n) is 3.70. The molecule has 2 aromatic rings. The Morgan fingerprint density at radius 1 is 1.32 bits per heavy atom. The number of amides is 1. The highest BCUT2D eigenvalue weighted by Gasteiger charge is 2.13. The molecule has 3 N–H and O–H groups in total. The van der Waals surface area contributed by atoms with E-state index in [1.165, 1.54) is 5.48 Å². The molecule has 0 heterocycles. The summed E-state index contributed by atoms with van der Waals surface area (Å²) in [6, 6.07) is 8.86. The number of hydroxylamine groups is 1. The second-order valence-electron chi connectivity index (χ2n) is 5.91. The number of hydrogen-bond donors (Lipinski definition) is 3. The van der Waals surface area contributed by atoms with Gasteiger partial charge in [0.15, 0.2) is 6.61 Å². The van der Waals surface area contributed by atoms with E-state index in [1.54, 1.807) is 18.2 Å². The molecule has 0 aliphatic carbocycles. The smallest absolute Gasteiger partial charge is 0.281 e. The molecule has 1 amide bonds. The van der Waals surface area contributed by atoms with Crippen LogP contribution in [-0.4, -0.2) is 22.8 Å². The number of phenols is 1. The zero-order valence-electron chi connectivity index (χ0n) is 13.8. The molecule has 25 heavy (non-hydrogen) atoms. The van der Waals surface area contributed by atoms with Gasteiger partial charge in [0.1, 0.15) is 11.5 Å². The average Bonchev–Trinajstić information content (AvgIpc) is 2.57. The van der Waals surface area contributed by atoms with E-state index < -0.39 is 5.91 Å². The summed E-state index contributed by atoms with van der Waals surface area (Å²) in [5.41, 5.74) is 4.29. The zero-order chi connectivity index (χ0) is 18.6. The van der Waals surface area contributed by atoms with Gasteiger partial charge in [-0.3, -0.25) is 10.0 Å². The van der Waals surface area contributed by atoms with E-state index in [0.29, 0.717) is 17.2 Å². The molecule has 0 bridgehead atoms. The van der Waals surface area contributed by atoms with Gasteiger partial charge in [0, 0.05) is 15.9 Å². The maximum Gasteiger partial charge on any atom is 0.281 e. The quantitative estimate of drug-likeness (QED) is 0.470. The van der Waals surface area contributed by atoms with Crippen molar-refractivity contribution in [3.05, 3.63) is 56.5 Å². The summed E-state index contributed by atoms with van der Waals surface area (Å²) in [7, 11) is 0. The van der Waals surface area contributed by atoms with Gasteiger partial charge in [-0.05, 0) is 40.8 Å². The lowest BCUT2D eigenvalue weighted by atomic mass is 9.96. The Balaban J connectivity index is 2.23. The first-order valence-corrected chi connectivity index (χ1v) is 8.84. The van der Waals surface area contributed by atoms with Gasteiger partial charge in [-0.25, -0.2) is 5.48 Å². The highest BCUT2D eigenvalue weighted by atomic mass is 79.9. The van der Waals surface area contributed by atoms with E-state index in [0.717, 1.165) is 21.2 Å². The Bertz CT molecular complexity index is 757. The monoisotopic (exact) mass is 427 g/mol. The Hall–Kier alpha value is -1.76. The maximum absolute atomic E-state index is 11.0. The second kappa shape index (κ2) is 8.56. The molecule has 0 fully saturated rings. The number of nitrogens with one attached hydrogen (secondary N) is 1. The molecule has 0 saturated heterocycles. The van der Waals surface area contributed by atoms with Crippen molar-refractivity contribution in [1.29, 1.82) is 0 Å². The second-order valence-corrected chi connectivity index (χ2v) is 7.18. The van der Waals surface area contributed by atoms with Crippen LogP contribution in [0.15, 0.2) is 34.8 Å². The highest BCUT2D eigenvalue weighted by molar-refractivity contribution is 9.10. The lowest BCUT2D eigenvalue weighted by Gasteiger charge is -2.14. The molecule has 0 saturated carbocycles. The van der Waals surface area contributed by atoms with Crippen molar-refractivity contribution in [3.63, 3.8) is 0 Å². The van der Waals surface area contributed by atoms with E-state index in [1.807, 2.05) is 26.0 Å². The van der Waals surface area contributed by atoms with Crippen molar-refractivity contribution >= 4 is 33.4 Å². The minimum atomic E-state index is -0.651. The first-order valence-electron chi connectivity index (χ1n) is 7.67. The fourth-order valence-corrected chi connectivity index (χ4v) is 3.36. The molecule has 0 aliphatic heterocycles. The predicted molar refractivity (Wildman–Crippen MR) is 99.6 cm³/mol. The van der Waals surface area contributed by atoms with E-state index in [2.05, 4.69) is 15.9 Å². The first kappa shape index (κ1) is 19.6. The number of phenolic OH excluding ortho intramolecular Hbond substituents is 1. The van der Waals surface area contributed by atoms with Crippen molar-refractivity contribution in [1.82, 2.24) is 5.48 Å². The number of hydrogen-bond acceptors (Lipinski definition) is 4. The van der Waals surface area contributed by atoms with Crippen LogP contribution in [0, 0.1) is 0 Å². The molecule has 5 nitrogen and oxygen atoms in total. The van der Waals surface area contributed by atoms with Gasteiger partial charge in [-0.15, -0.1) is 0 Å². The average molecular weight is 429 g/mol. The van der Waals surface area contributed by atoms with Crippen LogP contribution < -0.4 is 10.2 Å². The molecule has 0 atom stereocenters. The van der Waals surface area contributed by atoms with Crippen LogP contribution in [0.3, 0.4) is 0 Å². The Morgan fingerprint density at radius 3 is 2.64 bits per heavy atom. The van der Waals surface area contributed by atoms with Gasteiger partial charge in [0.25, 0.3) is 5.91 Å². The number of halogens is 2. The van der Waals surface area contributed by atoms with Crippen molar-refractivity contribution in [2.24, 2.45) is 0 Å². The number of rotatable bonds is 6. The largest absolute Gasteiger partial charge is 0.508 e. The van der Waals surface area contributed by atoms with Crippen LogP contribution in [0.4, 0.5) is 0 Å². The van der Waals surface area contributed by atoms with E-state index >= 15 is 0 Å². The number of benzene rings is 2.